The number of para-hydroxylation sites is 1. The lowest BCUT2D eigenvalue weighted by Crippen LogP contribution is -2.29. The lowest BCUT2D eigenvalue weighted by Gasteiger charge is -2.24. The molecule has 3 aromatic rings. The highest BCUT2D eigenvalue weighted by atomic mass is 32.1. The molecule has 4 rings (SSSR count). The van der Waals surface area contributed by atoms with Crippen molar-refractivity contribution in [3.63, 3.8) is 0 Å². The largest absolute Gasteiger partial charge is 0.507 e. The van der Waals surface area contributed by atoms with Gasteiger partial charge in [0.25, 0.3) is 5.78 Å². The summed E-state index contributed by atoms with van der Waals surface area (Å²) in [5.41, 5.74) is 1.09. The molecule has 1 saturated heterocycles. The predicted molar refractivity (Wildman–Crippen MR) is 152 cm³/mol. The van der Waals surface area contributed by atoms with Crippen LogP contribution in [0.2, 0.25) is 0 Å². The van der Waals surface area contributed by atoms with Gasteiger partial charge >= 0.3 is 11.9 Å². The van der Waals surface area contributed by atoms with Crippen LogP contribution >= 0.6 is 11.3 Å². The maximum Gasteiger partial charge on any atom is 0.350 e. The van der Waals surface area contributed by atoms with Crippen LogP contribution in [0.1, 0.15) is 60.2 Å². The number of rotatable bonds is 10. The fourth-order valence-electron chi connectivity index (χ4n) is 4.32. The average Bonchev–Trinajstić information content (AvgIpc) is 3.44. The third-order valence-corrected chi connectivity index (χ3v) is 7.26. The van der Waals surface area contributed by atoms with Gasteiger partial charge in [-0.2, -0.15) is 0 Å². The number of aliphatic hydroxyl groups excluding tert-OH is 1. The first-order valence-corrected chi connectivity index (χ1v) is 13.9. The number of nitrogens with zero attached hydrogens (tertiary/aromatic N) is 2. The molecule has 9 nitrogen and oxygen atoms in total. The molecule has 0 aliphatic carbocycles. The number of hydrogen-bond acceptors (Lipinski definition) is 9. The van der Waals surface area contributed by atoms with Crippen molar-refractivity contribution >= 4 is 39.9 Å². The van der Waals surface area contributed by atoms with Crippen LogP contribution in [0.25, 0.3) is 5.76 Å². The van der Waals surface area contributed by atoms with Crippen LogP contribution in [-0.4, -0.2) is 47.6 Å². The van der Waals surface area contributed by atoms with E-state index in [1.807, 2.05) is 20.8 Å². The second kappa shape index (κ2) is 12.3. The molecule has 0 saturated carbocycles. The van der Waals surface area contributed by atoms with Gasteiger partial charge in [0.15, 0.2) is 5.13 Å². The third-order valence-electron chi connectivity index (χ3n) is 6.12. The Morgan fingerprint density at radius 2 is 1.75 bits per heavy atom. The van der Waals surface area contributed by atoms with Gasteiger partial charge in [-0.1, -0.05) is 43.4 Å². The summed E-state index contributed by atoms with van der Waals surface area (Å²) in [5, 5.41) is 11.6. The van der Waals surface area contributed by atoms with E-state index in [0.717, 1.165) is 11.3 Å². The molecule has 2 aromatic carbocycles. The normalized spacial score (nSPS) is 16.4. The number of aliphatic hydroxyl groups is 1. The first-order chi connectivity index (χ1) is 19.2. The van der Waals surface area contributed by atoms with Crippen LogP contribution < -0.4 is 14.4 Å². The lowest BCUT2D eigenvalue weighted by atomic mass is 9.94. The summed E-state index contributed by atoms with van der Waals surface area (Å²) in [7, 11) is 0. The number of aromatic nitrogens is 1. The zero-order valence-corrected chi connectivity index (χ0v) is 23.9. The monoisotopic (exact) mass is 564 g/mol. The number of Topliss-reactive ketones (excluding diaryl/α,β-unsaturated/α-hetero) is 1. The second-order valence-electron chi connectivity index (χ2n) is 9.50. The highest BCUT2D eigenvalue weighted by Crippen LogP contribution is 2.46. The maximum absolute atomic E-state index is 13.5. The molecule has 10 heteroatoms. The summed E-state index contributed by atoms with van der Waals surface area (Å²) in [5.74, 6) is -1.25. The quantitative estimate of drug-likeness (QED) is 0.145. The summed E-state index contributed by atoms with van der Waals surface area (Å²) < 4.78 is 16.7. The van der Waals surface area contributed by atoms with Gasteiger partial charge in [0.05, 0.1) is 31.1 Å². The van der Waals surface area contributed by atoms with Crippen LogP contribution in [-0.2, 0) is 14.3 Å². The summed E-state index contributed by atoms with van der Waals surface area (Å²) in [4.78, 5) is 45.5. The molecule has 2 heterocycles. The Labute approximate surface area is 237 Å². The molecule has 1 aromatic heterocycles. The fraction of sp³-hybridized carbons (Fsp3) is 0.333. The molecule has 1 N–H and O–H groups in total. The van der Waals surface area contributed by atoms with E-state index in [2.05, 4.69) is 4.98 Å². The Hall–Kier alpha value is -4.18. The lowest BCUT2D eigenvalue weighted by molar-refractivity contribution is -0.132. The molecule has 1 aliphatic heterocycles. The SMILES string of the molecule is CCOC(=O)c1sc(N2C(=O)C(=O)/C(=C(/O)c3ccc(OCC(C)C)cc3)C2c2ccccc2OCC)nc1C. The minimum absolute atomic E-state index is 0.112. The van der Waals surface area contributed by atoms with Crippen LogP contribution in [0.15, 0.2) is 54.1 Å². The van der Waals surface area contributed by atoms with Gasteiger partial charge in [-0.3, -0.25) is 14.5 Å². The summed E-state index contributed by atoms with van der Waals surface area (Å²) in [6.45, 7) is 10.3. The molecule has 40 heavy (non-hydrogen) atoms. The van der Waals surface area contributed by atoms with E-state index in [4.69, 9.17) is 14.2 Å². The first kappa shape index (κ1) is 28.8. The molecular formula is C30H32N2O7S. The number of benzene rings is 2. The van der Waals surface area contributed by atoms with Crippen molar-refractivity contribution in [3.05, 3.63) is 75.8 Å². The molecule has 0 radical (unpaired) electrons. The molecule has 1 fully saturated rings. The first-order valence-electron chi connectivity index (χ1n) is 13.1. The van der Waals surface area contributed by atoms with E-state index in [1.165, 1.54) is 4.90 Å². The Kier molecular flexibility index (Phi) is 8.89. The summed E-state index contributed by atoms with van der Waals surface area (Å²) in [6.07, 6.45) is 0. The number of ketones is 1. The molecule has 1 aliphatic rings. The average molecular weight is 565 g/mol. The van der Waals surface area contributed by atoms with Gasteiger partial charge in [0.2, 0.25) is 0 Å². The van der Waals surface area contributed by atoms with E-state index in [9.17, 15) is 19.5 Å². The Bertz CT molecular complexity index is 1440. The summed E-state index contributed by atoms with van der Waals surface area (Å²) >= 11 is 0.953. The molecular weight excluding hydrogens is 532 g/mol. The molecule has 1 atom stereocenters. The highest BCUT2D eigenvalue weighted by molar-refractivity contribution is 7.17. The minimum Gasteiger partial charge on any atom is -0.507 e. The topological polar surface area (TPSA) is 115 Å². The Morgan fingerprint density at radius 3 is 2.40 bits per heavy atom. The number of anilines is 1. The molecule has 1 unspecified atom stereocenters. The van der Waals surface area contributed by atoms with Crippen molar-refractivity contribution in [1.29, 1.82) is 0 Å². The molecule has 0 spiro atoms. The van der Waals surface area contributed by atoms with Gasteiger partial charge in [0, 0.05) is 11.1 Å². The third kappa shape index (κ3) is 5.72. The van der Waals surface area contributed by atoms with E-state index >= 15 is 0 Å². The van der Waals surface area contributed by atoms with Crippen molar-refractivity contribution in [2.45, 2.75) is 40.7 Å². The van der Waals surface area contributed by atoms with Crippen LogP contribution in [0.3, 0.4) is 0 Å². The number of aryl methyl sites for hydroxylation is 1. The Balaban J connectivity index is 1.87. The molecule has 0 bridgehead atoms. The smallest absolute Gasteiger partial charge is 0.350 e. The number of esters is 1. The number of hydrogen-bond donors (Lipinski definition) is 1. The van der Waals surface area contributed by atoms with Crippen molar-refractivity contribution in [3.8, 4) is 11.5 Å². The van der Waals surface area contributed by atoms with Crippen molar-refractivity contribution in [1.82, 2.24) is 4.98 Å². The number of carbonyl (C=O) groups is 3. The van der Waals surface area contributed by atoms with Gasteiger partial charge < -0.3 is 19.3 Å². The van der Waals surface area contributed by atoms with Crippen LogP contribution in [0.4, 0.5) is 5.13 Å². The van der Waals surface area contributed by atoms with Crippen LogP contribution in [0.5, 0.6) is 11.5 Å². The van der Waals surface area contributed by atoms with Gasteiger partial charge in [-0.05, 0) is 57.0 Å². The highest BCUT2D eigenvalue weighted by Gasteiger charge is 2.49. The standard InChI is InChI=1S/C30H32N2O7S/c1-6-37-22-11-9-8-10-21(22)24-23(25(33)19-12-14-20(15-13-19)39-16-17(3)4)26(34)28(35)32(24)30-31-18(5)27(40-30)29(36)38-7-2/h8-15,17,24,33H,6-7,16H2,1-5H3/b25-23+. The zero-order chi connectivity index (χ0) is 29.0. The van der Waals surface area contributed by atoms with Gasteiger partial charge in [0.1, 0.15) is 28.2 Å². The van der Waals surface area contributed by atoms with Crippen molar-refractivity contribution < 1.29 is 33.7 Å². The van der Waals surface area contributed by atoms with Gasteiger partial charge in [-0.25, -0.2) is 9.78 Å². The number of thiazole rings is 1. The zero-order valence-electron chi connectivity index (χ0n) is 23.1. The van der Waals surface area contributed by atoms with Crippen LogP contribution in [0, 0.1) is 12.8 Å². The predicted octanol–water partition coefficient (Wildman–Crippen LogP) is 5.69. The molecule has 1 amide bonds. The van der Waals surface area contributed by atoms with E-state index < -0.39 is 23.7 Å². The van der Waals surface area contributed by atoms with Gasteiger partial charge in [-0.15, -0.1) is 0 Å². The minimum atomic E-state index is -1.06. The summed E-state index contributed by atoms with van der Waals surface area (Å²) in [6, 6.07) is 12.6. The number of amides is 1. The Morgan fingerprint density at radius 1 is 1.05 bits per heavy atom. The second-order valence-corrected chi connectivity index (χ2v) is 10.5. The van der Waals surface area contributed by atoms with E-state index in [-0.39, 0.29) is 27.9 Å². The van der Waals surface area contributed by atoms with Crippen molar-refractivity contribution in [2.24, 2.45) is 5.92 Å². The number of carbonyl (C=O) groups excluding carboxylic acids is 3. The maximum atomic E-state index is 13.5. The molecule has 210 valence electrons. The van der Waals surface area contributed by atoms with E-state index in [1.54, 1.807) is 62.4 Å². The van der Waals surface area contributed by atoms with E-state index in [0.29, 0.717) is 47.5 Å². The fourth-order valence-corrected chi connectivity index (χ4v) is 5.30. The number of ether oxygens (including phenoxy) is 3. The van der Waals surface area contributed by atoms with Crippen molar-refractivity contribution in [2.75, 3.05) is 24.7 Å².